The van der Waals surface area contributed by atoms with E-state index in [1.807, 2.05) is 0 Å². The number of unbranched alkanes of at least 4 members (excludes halogenated alkanes) is 1. The lowest BCUT2D eigenvalue weighted by Crippen LogP contribution is -2.04. The van der Waals surface area contributed by atoms with Gasteiger partial charge in [0.2, 0.25) is 0 Å². The Bertz CT molecular complexity index is 582. The fourth-order valence-corrected chi connectivity index (χ4v) is 2.57. The number of rotatable bonds is 11. The van der Waals surface area contributed by atoms with Gasteiger partial charge in [-0.1, -0.05) is 12.1 Å². The molecule has 6 heteroatoms. The minimum Gasteiger partial charge on any atom is -0.494 e. The number of hydrogen-bond acceptors (Lipinski definition) is 6. The average molecular weight is 362 g/mol. The van der Waals surface area contributed by atoms with Crippen molar-refractivity contribution in [3.05, 3.63) is 58.7 Å². The van der Waals surface area contributed by atoms with E-state index in [0.717, 1.165) is 12.8 Å². The van der Waals surface area contributed by atoms with Gasteiger partial charge in [-0.25, -0.2) is 0 Å². The molecule has 2 aromatic rings. The Balaban J connectivity index is 1.74. The molecule has 0 saturated carbocycles. The molecular weight excluding hydrogens is 336 g/mol. The highest BCUT2D eigenvalue weighted by Gasteiger charge is 2.03. The smallest absolute Gasteiger partial charge is 0.120 e. The van der Waals surface area contributed by atoms with Crippen LogP contribution in [0.4, 0.5) is 0 Å². The van der Waals surface area contributed by atoms with Crippen molar-refractivity contribution in [1.82, 2.24) is 0 Å². The molecule has 0 spiro atoms. The van der Waals surface area contributed by atoms with Crippen molar-refractivity contribution in [2.45, 2.75) is 39.3 Å². The Hall–Kier alpha value is -2.12. The monoisotopic (exact) mass is 362 g/mol. The van der Waals surface area contributed by atoms with Gasteiger partial charge in [0.05, 0.1) is 39.6 Å². The van der Waals surface area contributed by atoms with E-state index in [1.165, 1.54) is 0 Å². The lowest BCUT2D eigenvalue weighted by Gasteiger charge is -2.11. The molecule has 0 aliphatic heterocycles. The quantitative estimate of drug-likeness (QED) is 0.456. The molecule has 0 aliphatic carbocycles. The first kappa shape index (κ1) is 20.2. The lowest BCUT2D eigenvalue weighted by molar-refractivity contribution is 0.256. The zero-order valence-corrected chi connectivity index (χ0v) is 14.7. The van der Waals surface area contributed by atoms with Crippen molar-refractivity contribution in [2.75, 3.05) is 13.2 Å². The van der Waals surface area contributed by atoms with Crippen LogP contribution in [0.3, 0.4) is 0 Å². The number of hydrogen-bond donors (Lipinski definition) is 4. The van der Waals surface area contributed by atoms with Gasteiger partial charge < -0.3 is 29.9 Å². The van der Waals surface area contributed by atoms with Gasteiger partial charge in [-0.15, -0.1) is 0 Å². The first-order valence-corrected chi connectivity index (χ1v) is 8.63. The van der Waals surface area contributed by atoms with Crippen LogP contribution in [0.1, 0.15) is 35.1 Å². The van der Waals surface area contributed by atoms with Gasteiger partial charge >= 0.3 is 0 Å². The summed E-state index contributed by atoms with van der Waals surface area (Å²) in [5.74, 6) is 1.26. The van der Waals surface area contributed by atoms with Gasteiger partial charge in [0.1, 0.15) is 11.5 Å². The maximum atomic E-state index is 9.22. The van der Waals surface area contributed by atoms with Crippen molar-refractivity contribution in [1.29, 1.82) is 0 Å². The Labute approximate surface area is 153 Å². The highest BCUT2D eigenvalue weighted by atomic mass is 16.5. The summed E-state index contributed by atoms with van der Waals surface area (Å²) in [4.78, 5) is 0. The molecular formula is C20H26O6. The molecule has 0 radical (unpaired) electrons. The van der Waals surface area contributed by atoms with E-state index in [1.54, 1.807) is 36.4 Å². The largest absolute Gasteiger partial charge is 0.494 e. The van der Waals surface area contributed by atoms with Crippen molar-refractivity contribution < 1.29 is 29.9 Å². The van der Waals surface area contributed by atoms with Crippen LogP contribution in [-0.4, -0.2) is 33.6 Å². The molecule has 0 heterocycles. The summed E-state index contributed by atoms with van der Waals surface area (Å²) in [6.45, 7) is 0.618. The molecule has 0 unspecified atom stereocenters. The third-order valence-corrected chi connectivity index (χ3v) is 3.86. The van der Waals surface area contributed by atoms with Gasteiger partial charge in [0, 0.05) is 0 Å². The van der Waals surface area contributed by atoms with E-state index >= 15 is 0 Å². The zero-order chi connectivity index (χ0) is 18.8. The van der Waals surface area contributed by atoms with Crippen LogP contribution in [0.5, 0.6) is 11.5 Å². The van der Waals surface area contributed by atoms with E-state index in [0.29, 0.717) is 47.0 Å². The van der Waals surface area contributed by atoms with Crippen molar-refractivity contribution in [3.63, 3.8) is 0 Å². The number of benzene rings is 2. The molecule has 0 atom stereocenters. The molecule has 2 aromatic carbocycles. The Kier molecular flexibility index (Phi) is 8.37. The van der Waals surface area contributed by atoms with Crippen LogP contribution in [-0.2, 0) is 26.4 Å². The first-order chi connectivity index (χ1) is 12.7. The molecule has 26 heavy (non-hydrogen) atoms. The SMILES string of the molecule is OCc1cc(CO)cc(OCCCCOc2cc(CO)cc(CO)c2)c1. The standard InChI is InChI=1S/C20H26O6/c21-11-15-5-16(12-22)8-19(7-15)25-3-1-2-4-26-20-9-17(13-23)6-18(10-20)14-24/h5-10,21-24H,1-4,11-14H2. The fourth-order valence-electron chi connectivity index (χ4n) is 2.57. The summed E-state index contributed by atoms with van der Waals surface area (Å²) in [5.41, 5.74) is 2.83. The molecule has 0 bridgehead atoms. The minimum absolute atomic E-state index is 0.0965. The zero-order valence-electron chi connectivity index (χ0n) is 14.7. The normalized spacial score (nSPS) is 10.8. The van der Waals surface area contributed by atoms with Crippen LogP contribution >= 0.6 is 0 Å². The van der Waals surface area contributed by atoms with Gasteiger partial charge in [0.15, 0.2) is 0 Å². The Morgan fingerprint density at radius 3 is 1.08 bits per heavy atom. The average Bonchev–Trinajstić information content (AvgIpc) is 2.69. The lowest BCUT2D eigenvalue weighted by atomic mass is 10.1. The molecule has 0 aromatic heterocycles. The highest BCUT2D eigenvalue weighted by molar-refractivity contribution is 5.34. The Morgan fingerprint density at radius 1 is 0.500 bits per heavy atom. The summed E-state index contributed by atoms with van der Waals surface area (Å²) in [6, 6.07) is 10.5. The van der Waals surface area contributed by atoms with Crippen LogP contribution in [0.25, 0.3) is 0 Å². The molecule has 6 nitrogen and oxygen atoms in total. The second-order valence-electron chi connectivity index (χ2n) is 6.01. The minimum atomic E-state index is -0.0965. The number of ether oxygens (including phenoxy) is 2. The summed E-state index contributed by atoms with van der Waals surface area (Å²) in [5, 5.41) is 36.9. The van der Waals surface area contributed by atoms with Crippen LogP contribution in [0, 0.1) is 0 Å². The predicted molar refractivity (Wildman–Crippen MR) is 96.8 cm³/mol. The molecule has 0 fully saturated rings. The topological polar surface area (TPSA) is 99.4 Å². The van der Waals surface area contributed by atoms with E-state index < -0.39 is 0 Å². The van der Waals surface area contributed by atoms with Crippen LogP contribution in [0.15, 0.2) is 36.4 Å². The first-order valence-electron chi connectivity index (χ1n) is 8.63. The molecule has 0 amide bonds. The number of aliphatic hydroxyl groups excluding tert-OH is 4. The van der Waals surface area contributed by atoms with Gasteiger partial charge in [-0.2, -0.15) is 0 Å². The molecule has 2 rings (SSSR count). The van der Waals surface area contributed by atoms with E-state index in [9.17, 15) is 20.4 Å². The predicted octanol–water partition coefficient (Wildman–Crippen LogP) is 1.89. The van der Waals surface area contributed by atoms with E-state index in [2.05, 4.69) is 0 Å². The Morgan fingerprint density at radius 2 is 0.808 bits per heavy atom. The van der Waals surface area contributed by atoms with Crippen LogP contribution < -0.4 is 9.47 Å². The van der Waals surface area contributed by atoms with E-state index in [4.69, 9.17) is 9.47 Å². The molecule has 4 N–H and O–H groups in total. The van der Waals surface area contributed by atoms with Gasteiger partial charge in [0.25, 0.3) is 0 Å². The summed E-state index contributed by atoms with van der Waals surface area (Å²) < 4.78 is 11.3. The molecule has 0 aliphatic rings. The van der Waals surface area contributed by atoms with Crippen LogP contribution in [0.2, 0.25) is 0 Å². The van der Waals surface area contributed by atoms with Crippen molar-refractivity contribution in [2.24, 2.45) is 0 Å². The third-order valence-electron chi connectivity index (χ3n) is 3.86. The summed E-state index contributed by atoms with van der Waals surface area (Å²) in [7, 11) is 0. The highest BCUT2D eigenvalue weighted by Crippen LogP contribution is 2.19. The molecule has 0 saturated heterocycles. The summed E-state index contributed by atoms with van der Waals surface area (Å²) in [6.07, 6.45) is 1.56. The van der Waals surface area contributed by atoms with Crippen molar-refractivity contribution >= 4 is 0 Å². The molecule has 142 valence electrons. The van der Waals surface area contributed by atoms with Gasteiger partial charge in [-0.3, -0.25) is 0 Å². The second kappa shape index (κ2) is 10.8. The maximum absolute atomic E-state index is 9.22. The van der Waals surface area contributed by atoms with E-state index in [-0.39, 0.29) is 26.4 Å². The summed E-state index contributed by atoms with van der Waals surface area (Å²) >= 11 is 0. The fraction of sp³-hybridized carbons (Fsp3) is 0.400. The third kappa shape index (κ3) is 6.31. The maximum Gasteiger partial charge on any atom is 0.120 e. The van der Waals surface area contributed by atoms with Gasteiger partial charge in [-0.05, 0) is 59.4 Å². The van der Waals surface area contributed by atoms with Crippen molar-refractivity contribution in [3.8, 4) is 11.5 Å². The second-order valence-corrected chi connectivity index (χ2v) is 6.01. The number of aliphatic hydroxyl groups is 4.